The minimum absolute atomic E-state index is 0.200. The highest BCUT2D eigenvalue weighted by Crippen LogP contribution is 2.27. The molecule has 1 atom stereocenters. The van der Waals surface area contributed by atoms with Gasteiger partial charge in [0.05, 0.1) is 12.2 Å². The van der Waals surface area contributed by atoms with E-state index in [4.69, 9.17) is 5.10 Å². The molecule has 2 saturated heterocycles. The lowest BCUT2D eigenvalue weighted by Gasteiger charge is -2.35. The fourth-order valence-corrected chi connectivity index (χ4v) is 4.51. The van der Waals surface area contributed by atoms with Gasteiger partial charge >= 0.3 is 6.03 Å². The largest absolute Gasteiger partial charge is 0.324 e. The van der Waals surface area contributed by atoms with Gasteiger partial charge in [-0.1, -0.05) is 42.5 Å². The number of hydrogen-bond donors (Lipinski definition) is 1. The molecule has 2 aliphatic heterocycles. The van der Waals surface area contributed by atoms with Gasteiger partial charge in [-0.05, 0) is 36.6 Å². The molecule has 1 N–H and O–H groups in total. The Balaban J connectivity index is 1.44. The third kappa shape index (κ3) is 3.91. The van der Waals surface area contributed by atoms with Crippen molar-refractivity contribution in [2.75, 3.05) is 19.6 Å². The molecule has 5 rings (SSSR count). The standard InChI is InChI=1S/C25H27N5O2/c1-17-8-9-20(12-18(17)2)23-21(15-29(27-23)13-19-6-4-3-5-7-19)14-28-10-11-30-22(16-28)24(31)26-25(30)32/h3-9,12,15,22H,10-11,13-14,16H2,1-2H3,(H,26,31,32)/t22-/m0/s1. The molecule has 7 nitrogen and oxygen atoms in total. The summed E-state index contributed by atoms with van der Waals surface area (Å²) in [5.41, 5.74) is 6.89. The van der Waals surface area contributed by atoms with Crippen molar-refractivity contribution in [3.63, 3.8) is 0 Å². The van der Waals surface area contributed by atoms with Crippen LogP contribution in [0, 0.1) is 13.8 Å². The smallest absolute Gasteiger partial charge is 0.310 e. The molecule has 2 aromatic carbocycles. The number of piperazine rings is 1. The SMILES string of the molecule is Cc1ccc(-c2nn(Cc3ccccc3)cc2CN2CCN3C(=O)NC(=O)[C@@H]3C2)cc1C. The molecule has 2 fully saturated rings. The zero-order valence-electron chi connectivity index (χ0n) is 18.4. The van der Waals surface area contributed by atoms with Crippen molar-refractivity contribution in [2.45, 2.75) is 33.0 Å². The molecule has 164 valence electrons. The van der Waals surface area contributed by atoms with Crippen molar-refractivity contribution in [1.29, 1.82) is 0 Å². The number of hydrogen-bond acceptors (Lipinski definition) is 4. The lowest BCUT2D eigenvalue weighted by Crippen LogP contribution is -2.52. The minimum atomic E-state index is -0.402. The average Bonchev–Trinajstić information content (AvgIpc) is 3.30. The number of rotatable bonds is 5. The number of aryl methyl sites for hydroxylation is 2. The molecule has 0 radical (unpaired) electrons. The van der Waals surface area contributed by atoms with E-state index in [2.05, 4.69) is 60.6 Å². The zero-order chi connectivity index (χ0) is 22.2. The molecule has 7 heteroatoms. The van der Waals surface area contributed by atoms with Crippen LogP contribution in [0.3, 0.4) is 0 Å². The Hall–Kier alpha value is -3.45. The Labute approximate surface area is 187 Å². The average molecular weight is 430 g/mol. The second-order valence-electron chi connectivity index (χ2n) is 8.72. The van der Waals surface area contributed by atoms with Gasteiger partial charge in [-0.25, -0.2) is 4.79 Å². The first-order valence-corrected chi connectivity index (χ1v) is 11.0. The minimum Gasteiger partial charge on any atom is -0.310 e. The normalized spacial score (nSPS) is 18.7. The van der Waals surface area contributed by atoms with Crippen LogP contribution < -0.4 is 5.32 Å². The summed E-state index contributed by atoms with van der Waals surface area (Å²) in [5.74, 6) is -0.200. The Morgan fingerprint density at radius 1 is 1.00 bits per heavy atom. The lowest BCUT2D eigenvalue weighted by atomic mass is 10.0. The predicted octanol–water partition coefficient (Wildman–Crippen LogP) is 2.95. The quantitative estimate of drug-likeness (QED) is 0.633. The Kier molecular flexibility index (Phi) is 5.27. The van der Waals surface area contributed by atoms with E-state index in [9.17, 15) is 9.59 Å². The maximum atomic E-state index is 12.2. The topological polar surface area (TPSA) is 70.5 Å². The lowest BCUT2D eigenvalue weighted by molar-refractivity contribution is -0.122. The summed E-state index contributed by atoms with van der Waals surface area (Å²) in [7, 11) is 0. The van der Waals surface area contributed by atoms with Gasteiger partial charge in [-0.2, -0.15) is 5.10 Å². The van der Waals surface area contributed by atoms with Gasteiger partial charge in [0.2, 0.25) is 0 Å². The van der Waals surface area contributed by atoms with Gasteiger partial charge in [0.1, 0.15) is 6.04 Å². The fraction of sp³-hybridized carbons (Fsp3) is 0.320. The van der Waals surface area contributed by atoms with Crippen molar-refractivity contribution in [3.05, 3.63) is 77.0 Å². The van der Waals surface area contributed by atoms with E-state index in [0.29, 0.717) is 26.2 Å². The van der Waals surface area contributed by atoms with Crippen LogP contribution in [0.1, 0.15) is 22.3 Å². The summed E-state index contributed by atoms with van der Waals surface area (Å²) in [6, 6.07) is 16.1. The van der Waals surface area contributed by atoms with E-state index < -0.39 is 6.04 Å². The highest BCUT2D eigenvalue weighted by molar-refractivity contribution is 6.04. The second-order valence-corrected chi connectivity index (χ2v) is 8.72. The molecule has 32 heavy (non-hydrogen) atoms. The first kappa shape index (κ1) is 20.5. The van der Waals surface area contributed by atoms with Crippen LogP contribution in [-0.2, 0) is 17.9 Å². The van der Waals surface area contributed by atoms with Crippen LogP contribution in [0.25, 0.3) is 11.3 Å². The summed E-state index contributed by atoms with van der Waals surface area (Å²) in [5, 5.41) is 7.38. The number of nitrogens with zero attached hydrogens (tertiary/aromatic N) is 4. The molecule has 1 aromatic heterocycles. The molecule has 0 bridgehead atoms. The highest BCUT2D eigenvalue weighted by atomic mass is 16.2. The van der Waals surface area contributed by atoms with Gasteiger partial charge in [0.15, 0.2) is 0 Å². The van der Waals surface area contributed by atoms with Crippen molar-refractivity contribution in [1.82, 2.24) is 24.9 Å². The summed E-state index contributed by atoms with van der Waals surface area (Å²) < 4.78 is 2.00. The van der Waals surface area contributed by atoms with Crippen LogP contribution in [-0.4, -0.2) is 57.2 Å². The summed E-state index contributed by atoms with van der Waals surface area (Å²) in [6.07, 6.45) is 2.11. The molecule has 3 aromatic rings. The predicted molar refractivity (Wildman–Crippen MR) is 122 cm³/mol. The number of aromatic nitrogens is 2. The van der Waals surface area contributed by atoms with E-state index >= 15 is 0 Å². The van der Waals surface area contributed by atoms with Crippen LogP contribution >= 0.6 is 0 Å². The molecule has 3 amide bonds. The number of carbonyl (C=O) groups excluding carboxylic acids is 2. The number of amides is 3. The third-order valence-electron chi connectivity index (χ3n) is 6.46. The molecule has 0 saturated carbocycles. The molecular formula is C25H27N5O2. The number of imide groups is 1. The zero-order valence-corrected chi connectivity index (χ0v) is 18.4. The van der Waals surface area contributed by atoms with E-state index in [1.807, 2.05) is 22.9 Å². The van der Waals surface area contributed by atoms with Crippen molar-refractivity contribution in [2.24, 2.45) is 0 Å². The van der Waals surface area contributed by atoms with Crippen LogP contribution in [0.4, 0.5) is 4.79 Å². The van der Waals surface area contributed by atoms with E-state index in [1.54, 1.807) is 4.90 Å². The summed E-state index contributed by atoms with van der Waals surface area (Å²) in [6.45, 7) is 7.44. The van der Waals surface area contributed by atoms with Crippen LogP contribution in [0.5, 0.6) is 0 Å². The molecular weight excluding hydrogens is 402 g/mol. The molecule has 3 heterocycles. The first-order valence-electron chi connectivity index (χ1n) is 11.0. The first-order chi connectivity index (χ1) is 15.5. The van der Waals surface area contributed by atoms with E-state index in [0.717, 1.165) is 23.4 Å². The summed E-state index contributed by atoms with van der Waals surface area (Å²) in [4.78, 5) is 28.0. The van der Waals surface area contributed by atoms with Crippen molar-refractivity contribution >= 4 is 11.9 Å². The summed E-state index contributed by atoms with van der Waals surface area (Å²) >= 11 is 0. The van der Waals surface area contributed by atoms with Gasteiger partial charge in [-0.3, -0.25) is 19.7 Å². The van der Waals surface area contributed by atoms with E-state index in [-0.39, 0.29) is 11.9 Å². The molecule has 2 aliphatic rings. The molecule has 0 spiro atoms. The van der Waals surface area contributed by atoms with Gasteiger partial charge in [0.25, 0.3) is 5.91 Å². The Morgan fingerprint density at radius 3 is 2.59 bits per heavy atom. The molecule has 0 aliphatic carbocycles. The second kappa shape index (κ2) is 8.24. The monoisotopic (exact) mass is 429 g/mol. The Morgan fingerprint density at radius 2 is 1.81 bits per heavy atom. The number of fused-ring (bicyclic) bond motifs is 1. The van der Waals surface area contributed by atoms with Crippen molar-refractivity contribution < 1.29 is 9.59 Å². The van der Waals surface area contributed by atoms with Crippen molar-refractivity contribution in [3.8, 4) is 11.3 Å². The van der Waals surface area contributed by atoms with Gasteiger partial charge in [0, 0.05) is 43.5 Å². The fourth-order valence-electron chi connectivity index (χ4n) is 4.51. The number of carbonyl (C=O) groups is 2. The molecule has 0 unspecified atom stereocenters. The third-order valence-corrected chi connectivity index (χ3v) is 6.46. The Bertz CT molecular complexity index is 1170. The maximum Gasteiger partial charge on any atom is 0.324 e. The maximum absolute atomic E-state index is 12.2. The highest BCUT2D eigenvalue weighted by Gasteiger charge is 2.42. The number of benzene rings is 2. The number of nitrogens with one attached hydrogen (secondary N) is 1. The van der Waals surface area contributed by atoms with Crippen LogP contribution in [0.15, 0.2) is 54.7 Å². The van der Waals surface area contributed by atoms with Crippen LogP contribution in [0.2, 0.25) is 0 Å². The van der Waals surface area contributed by atoms with Gasteiger partial charge < -0.3 is 4.90 Å². The number of urea groups is 1. The van der Waals surface area contributed by atoms with E-state index in [1.165, 1.54) is 16.7 Å². The van der Waals surface area contributed by atoms with Gasteiger partial charge in [-0.15, -0.1) is 0 Å².